The molecule has 176 valence electrons. The molecular weight excluding hydrogens is 470 g/mol. The molecule has 1 aromatic heterocycles. The molecule has 0 saturated carbocycles. The van der Waals surface area contributed by atoms with Crippen LogP contribution in [0.25, 0.3) is 5.69 Å². The molecule has 1 aliphatic rings. The number of nitrogens with zero attached hydrogens (tertiary/aromatic N) is 4. The van der Waals surface area contributed by atoms with Gasteiger partial charge in [-0.15, -0.1) is 10.2 Å². The normalized spacial score (nSPS) is 14.3. The Hall–Kier alpha value is -4.38. The number of nitro groups is 1. The fourth-order valence-corrected chi connectivity index (χ4v) is 4.33. The van der Waals surface area contributed by atoms with Gasteiger partial charge in [-0.2, -0.15) is 0 Å². The van der Waals surface area contributed by atoms with E-state index in [-0.39, 0.29) is 24.0 Å². The molecule has 11 heteroatoms. The fraction of sp³-hybridized carbons (Fsp3) is 0.125. The molecule has 5 rings (SSSR count). The first kappa shape index (κ1) is 22.4. The summed E-state index contributed by atoms with van der Waals surface area (Å²) in [6.45, 7) is 0.264. The molecule has 0 unspecified atom stereocenters. The largest absolute Gasteiger partial charge is 0.485 e. The maximum atomic E-state index is 12.6. The van der Waals surface area contributed by atoms with E-state index < -0.39 is 11.0 Å². The van der Waals surface area contributed by atoms with Gasteiger partial charge in [0.05, 0.1) is 10.7 Å². The molecule has 0 radical (unpaired) electrons. The van der Waals surface area contributed by atoms with E-state index in [1.165, 1.54) is 30.0 Å². The maximum absolute atomic E-state index is 12.6. The Labute approximate surface area is 204 Å². The number of carbonyl (C=O) groups is 1. The van der Waals surface area contributed by atoms with Gasteiger partial charge in [-0.25, -0.2) is 0 Å². The van der Waals surface area contributed by atoms with Gasteiger partial charge in [0.25, 0.3) is 5.69 Å². The quantitative estimate of drug-likeness (QED) is 0.230. The van der Waals surface area contributed by atoms with Crippen LogP contribution in [-0.4, -0.2) is 38.0 Å². The Balaban J connectivity index is 1.36. The summed E-state index contributed by atoms with van der Waals surface area (Å²) < 4.78 is 13.8. The van der Waals surface area contributed by atoms with E-state index in [9.17, 15) is 14.9 Å². The Bertz CT molecular complexity index is 1380. The molecular formula is C24H19N5O5S. The first-order valence-corrected chi connectivity index (χ1v) is 11.6. The van der Waals surface area contributed by atoms with Crippen LogP contribution in [0.5, 0.6) is 11.5 Å². The second kappa shape index (κ2) is 9.85. The first-order valence-electron chi connectivity index (χ1n) is 10.6. The van der Waals surface area contributed by atoms with E-state index in [2.05, 4.69) is 15.5 Å². The van der Waals surface area contributed by atoms with Crippen LogP contribution in [0.4, 0.5) is 11.4 Å². The molecule has 1 aliphatic heterocycles. The van der Waals surface area contributed by atoms with E-state index in [4.69, 9.17) is 9.47 Å². The molecule has 10 nitrogen and oxygen atoms in total. The van der Waals surface area contributed by atoms with Crippen LogP contribution >= 0.6 is 11.8 Å². The van der Waals surface area contributed by atoms with Crippen LogP contribution in [0.15, 0.2) is 84.0 Å². The molecule has 0 saturated heterocycles. The summed E-state index contributed by atoms with van der Waals surface area (Å²) in [6.07, 6.45) is -0.495. The number of amides is 1. The van der Waals surface area contributed by atoms with Crippen molar-refractivity contribution in [3.8, 4) is 17.2 Å². The third-order valence-corrected chi connectivity index (χ3v) is 6.07. The molecule has 1 amide bonds. The van der Waals surface area contributed by atoms with Gasteiger partial charge in [-0.05, 0) is 30.3 Å². The molecule has 0 bridgehead atoms. The molecule has 0 fully saturated rings. The SMILES string of the molecule is O=C(CSc1nnc([C@H]2COc3ccccc3O2)n1-c1ccccc1)Nc1cccc([N+](=O)[O-])c1. The number of rotatable bonds is 7. The number of nitrogens with one attached hydrogen (secondary N) is 1. The summed E-state index contributed by atoms with van der Waals surface area (Å²) in [6, 6.07) is 22.7. The maximum Gasteiger partial charge on any atom is 0.271 e. The van der Waals surface area contributed by atoms with Crippen molar-refractivity contribution in [1.29, 1.82) is 0 Å². The lowest BCUT2D eigenvalue weighted by molar-refractivity contribution is -0.384. The molecule has 3 aromatic carbocycles. The highest BCUT2D eigenvalue weighted by Gasteiger charge is 2.29. The van der Waals surface area contributed by atoms with Crippen LogP contribution in [0.3, 0.4) is 0 Å². The number of para-hydroxylation sites is 3. The van der Waals surface area contributed by atoms with Crippen LogP contribution in [-0.2, 0) is 4.79 Å². The van der Waals surface area contributed by atoms with Gasteiger partial charge >= 0.3 is 0 Å². The minimum atomic E-state index is -0.510. The highest BCUT2D eigenvalue weighted by Crippen LogP contribution is 2.37. The third-order valence-electron chi connectivity index (χ3n) is 5.14. The lowest BCUT2D eigenvalue weighted by atomic mass is 10.2. The topological polar surface area (TPSA) is 121 Å². The predicted octanol–water partition coefficient (Wildman–Crippen LogP) is 4.42. The van der Waals surface area contributed by atoms with Crippen molar-refractivity contribution in [1.82, 2.24) is 14.8 Å². The van der Waals surface area contributed by atoms with E-state index in [0.29, 0.717) is 28.2 Å². The summed E-state index contributed by atoms with van der Waals surface area (Å²) in [7, 11) is 0. The van der Waals surface area contributed by atoms with E-state index in [1.54, 1.807) is 6.07 Å². The van der Waals surface area contributed by atoms with Crippen LogP contribution < -0.4 is 14.8 Å². The highest BCUT2D eigenvalue weighted by molar-refractivity contribution is 7.99. The van der Waals surface area contributed by atoms with Crippen molar-refractivity contribution < 1.29 is 19.2 Å². The van der Waals surface area contributed by atoms with Crippen molar-refractivity contribution in [3.63, 3.8) is 0 Å². The molecule has 0 aliphatic carbocycles. The summed E-state index contributed by atoms with van der Waals surface area (Å²) >= 11 is 1.20. The third kappa shape index (κ3) is 4.94. The smallest absolute Gasteiger partial charge is 0.271 e. The second-order valence-electron chi connectivity index (χ2n) is 7.52. The van der Waals surface area contributed by atoms with Crippen molar-refractivity contribution in [2.45, 2.75) is 11.3 Å². The number of fused-ring (bicyclic) bond motifs is 1. The molecule has 35 heavy (non-hydrogen) atoms. The Morgan fingerprint density at radius 1 is 1.06 bits per heavy atom. The van der Waals surface area contributed by atoms with Crippen molar-refractivity contribution in [2.24, 2.45) is 0 Å². The minimum absolute atomic E-state index is 0.0263. The van der Waals surface area contributed by atoms with Crippen molar-refractivity contribution in [2.75, 3.05) is 17.7 Å². The fourth-order valence-electron chi connectivity index (χ4n) is 3.57. The van der Waals surface area contributed by atoms with E-state index in [1.807, 2.05) is 59.2 Å². The number of carbonyl (C=O) groups excluding carboxylic acids is 1. The molecule has 1 atom stereocenters. The van der Waals surface area contributed by atoms with Gasteiger partial charge in [0, 0.05) is 23.5 Å². The number of thioether (sulfide) groups is 1. The van der Waals surface area contributed by atoms with Gasteiger partial charge in [-0.1, -0.05) is 48.2 Å². The zero-order chi connectivity index (χ0) is 24.2. The first-order chi connectivity index (χ1) is 17.1. The minimum Gasteiger partial charge on any atom is -0.485 e. The van der Waals surface area contributed by atoms with Gasteiger partial charge in [-0.3, -0.25) is 19.5 Å². The van der Waals surface area contributed by atoms with Crippen molar-refractivity contribution in [3.05, 3.63) is 94.8 Å². The summed E-state index contributed by atoms with van der Waals surface area (Å²) in [4.78, 5) is 23.0. The number of hydrogen-bond donors (Lipinski definition) is 1. The van der Waals surface area contributed by atoms with Gasteiger partial charge < -0.3 is 14.8 Å². The zero-order valence-electron chi connectivity index (χ0n) is 18.2. The van der Waals surface area contributed by atoms with Gasteiger partial charge in [0.15, 0.2) is 28.6 Å². The monoisotopic (exact) mass is 489 g/mol. The Kier molecular flexibility index (Phi) is 6.31. The highest BCUT2D eigenvalue weighted by atomic mass is 32.2. The number of aromatic nitrogens is 3. The average Bonchev–Trinajstić information content (AvgIpc) is 3.32. The molecule has 1 N–H and O–H groups in total. The summed E-state index contributed by atoms with van der Waals surface area (Å²) in [5.74, 6) is 1.54. The predicted molar refractivity (Wildman–Crippen MR) is 129 cm³/mol. The summed E-state index contributed by atoms with van der Waals surface area (Å²) in [5.41, 5.74) is 1.07. The average molecular weight is 490 g/mol. The second-order valence-corrected chi connectivity index (χ2v) is 8.46. The number of non-ortho nitro benzene ring substituents is 1. The Morgan fingerprint density at radius 2 is 1.83 bits per heavy atom. The van der Waals surface area contributed by atoms with Crippen LogP contribution in [0, 0.1) is 10.1 Å². The van der Waals surface area contributed by atoms with E-state index in [0.717, 1.165) is 5.69 Å². The number of anilines is 1. The van der Waals surface area contributed by atoms with Gasteiger partial charge in [0.1, 0.15) is 6.61 Å². The number of ether oxygens (including phenoxy) is 2. The molecule has 2 heterocycles. The van der Waals surface area contributed by atoms with E-state index >= 15 is 0 Å². The number of benzene rings is 3. The standard InChI is InChI=1S/C24H19N5O5S/c30-22(25-16-7-6-10-18(13-16)29(31)32)15-35-24-27-26-23(28(24)17-8-2-1-3-9-17)21-14-33-19-11-4-5-12-20(19)34-21/h1-13,21H,14-15H2,(H,25,30)/t21-/m1/s1. The van der Waals surface area contributed by atoms with Gasteiger partial charge in [0.2, 0.25) is 5.91 Å². The molecule has 0 spiro atoms. The lowest BCUT2D eigenvalue weighted by Crippen LogP contribution is -2.24. The number of nitro benzene ring substituents is 1. The molecule has 4 aromatic rings. The number of hydrogen-bond acceptors (Lipinski definition) is 8. The van der Waals surface area contributed by atoms with Crippen LogP contribution in [0.2, 0.25) is 0 Å². The van der Waals surface area contributed by atoms with Crippen LogP contribution in [0.1, 0.15) is 11.9 Å². The lowest BCUT2D eigenvalue weighted by Gasteiger charge is -2.26. The zero-order valence-corrected chi connectivity index (χ0v) is 19.1. The summed E-state index contributed by atoms with van der Waals surface area (Å²) in [5, 5.41) is 22.8. The van der Waals surface area contributed by atoms with Crippen molar-refractivity contribution >= 4 is 29.0 Å². The Morgan fingerprint density at radius 3 is 2.63 bits per heavy atom.